The first-order valence-electron chi connectivity index (χ1n) is 5.74. The summed E-state index contributed by atoms with van der Waals surface area (Å²) in [6.07, 6.45) is 5.60. The fraction of sp³-hybridized carbons (Fsp3) is 0.583. The molecule has 2 heterocycles. The van der Waals surface area contributed by atoms with E-state index in [2.05, 4.69) is 26.2 Å². The van der Waals surface area contributed by atoms with E-state index >= 15 is 0 Å². The number of ether oxygens (including phenoxy) is 1. The molecule has 16 heavy (non-hydrogen) atoms. The Labute approximate surface area is 105 Å². The number of rotatable bonds is 3. The number of nitrogens with one attached hydrogen (secondary N) is 1. The van der Waals surface area contributed by atoms with Crippen LogP contribution in [0.1, 0.15) is 24.8 Å². The molecule has 1 aromatic rings. The molecule has 0 saturated carbocycles. The number of hydrogen-bond donors (Lipinski definition) is 1. The van der Waals surface area contributed by atoms with Crippen molar-refractivity contribution in [1.29, 1.82) is 0 Å². The van der Waals surface area contributed by atoms with Gasteiger partial charge in [-0.3, -0.25) is 0 Å². The molecular formula is C12H17BrN2O. The number of aryl methyl sites for hydroxylation is 1. The fourth-order valence-electron chi connectivity index (χ4n) is 1.87. The van der Waals surface area contributed by atoms with Crippen LogP contribution in [0.2, 0.25) is 0 Å². The largest absolute Gasteiger partial charge is 0.475 e. The molecule has 0 spiro atoms. The third kappa shape index (κ3) is 3.19. The summed E-state index contributed by atoms with van der Waals surface area (Å²) >= 11 is 3.46. The lowest BCUT2D eigenvalue weighted by atomic mass is 10.1. The summed E-state index contributed by atoms with van der Waals surface area (Å²) in [6, 6.07) is 2.50. The number of nitrogens with zero attached hydrogens (tertiary/aromatic N) is 1. The van der Waals surface area contributed by atoms with Crippen LogP contribution in [0.5, 0.6) is 5.88 Å². The van der Waals surface area contributed by atoms with Gasteiger partial charge in [0.05, 0.1) is 4.47 Å². The maximum atomic E-state index is 5.71. The van der Waals surface area contributed by atoms with E-state index in [9.17, 15) is 0 Å². The first-order chi connectivity index (χ1) is 7.75. The molecule has 0 bridgehead atoms. The van der Waals surface area contributed by atoms with E-state index in [4.69, 9.17) is 4.74 Å². The first kappa shape index (κ1) is 11.9. The van der Waals surface area contributed by atoms with Crippen LogP contribution >= 0.6 is 15.9 Å². The van der Waals surface area contributed by atoms with E-state index in [-0.39, 0.29) is 0 Å². The Kier molecular flexibility index (Phi) is 4.18. The molecule has 88 valence electrons. The topological polar surface area (TPSA) is 34.1 Å². The SMILES string of the molecule is Cc1cnc(OCC2CCCCN2)c(Br)c1. The van der Waals surface area contributed by atoms with Crippen molar-refractivity contribution in [2.75, 3.05) is 13.2 Å². The second-order valence-corrected chi connectivity index (χ2v) is 5.11. The van der Waals surface area contributed by atoms with Gasteiger partial charge >= 0.3 is 0 Å². The average molecular weight is 285 g/mol. The van der Waals surface area contributed by atoms with Gasteiger partial charge in [0.25, 0.3) is 0 Å². The summed E-state index contributed by atoms with van der Waals surface area (Å²) in [4.78, 5) is 4.27. The minimum absolute atomic E-state index is 0.476. The van der Waals surface area contributed by atoms with Crippen LogP contribution in [0.3, 0.4) is 0 Å². The van der Waals surface area contributed by atoms with Crippen molar-refractivity contribution >= 4 is 15.9 Å². The molecule has 4 heteroatoms. The number of pyridine rings is 1. The van der Waals surface area contributed by atoms with Gasteiger partial charge in [0.2, 0.25) is 5.88 Å². The van der Waals surface area contributed by atoms with E-state index in [0.29, 0.717) is 18.5 Å². The van der Waals surface area contributed by atoms with E-state index in [1.807, 2.05) is 19.2 Å². The summed E-state index contributed by atoms with van der Waals surface area (Å²) in [5.74, 6) is 0.693. The lowest BCUT2D eigenvalue weighted by Crippen LogP contribution is -2.38. The smallest absolute Gasteiger partial charge is 0.228 e. The van der Waals surface area contributed by atoms with Crippen LogP contribution in [0, 0.1) is 6.92 Å². The highest BCUT2D eigenvalue weighted by Gasteiger charge is 2.14. The standard InChI is InChI=1S/C12H17BrN2O/c1-9-6-11(13)12(15-7-9)16-8-10-4-2-3-5-14-10/h6-7,10,14H,2-5,8H2,1H3. The van der Waals surface area contributed by atoms with Crippen molar-refractivity contribution in [3.63, 3.8) is 0 Å². The summed E-state index contributed by atoms with van der Waals surface area (Å²) < 4.78 is 6.64. The normalized spacial score (nSPS) is 20.8. The summed E-state index contributed by atoms with van der Waals surface area (Å²) in [6.45, 7) is 3.83. The number of piperidine rings is 1. The second kappa shape index (κ2) is 5.64. The molecule has 1 unspecified atom stereocenters. The zero-order valence-corrected chi connectivity index (χ0v) is 11.1. The number of hydrogen-bond acceptors (Lipinski definition) is 3. The predicted molar refractivity (Wildman–Crippen MR) is 67.8 cm³/mol. The molecule has 1 aliphatic heterocycles. The average Bonchev–Trinajstić information content (AvgIpc) is 2.29. The Morgan fingerprint density at radius 1 is 1.56 bits per heavy atom. The molecule has 1 atom stereocenters. The molecule has 1 fully saturated rings. The number of aromatic nitrogens is 1. The molecule has 1 aromatic heterocycles. The van der Waals surface area contributed by atoms with Crippen LogP contribution in [0.4, 0.5) is 0 Å². The third-order valence-corrected chi connectivity index (χ3v) is 3.35. The Morgan fingerprint density at radius 2 is 2.44 bits per heavy atom. The zero-order valence-electron chi connectivity index (χ0n) is 9.50. The lowest BCUT2D eigenvalue weighted by Gasteiger charge is -2.23. The van der Waals surface area contributed by atoms with Gasteiger partial charge < -0.3 is 10.1 Å². The molecule has 0 aliphatic carbocycles. The molecule has 1 aliphatic rings. The molecule has 3 nitrogen and oxygen atoms in total. The van der Waals surface area contributed by atoms with Crippen LogP contribution in [0.15, 0.2) is 16.7 Å². The van der Waals surface area contributed by atoms with E-state index in [1.165, 1.54) is 19.3 Å². The van der Waals surface area contributed by atoms with Crippen LogP contribution in [-0.2, 0) is 0 Å². The molecule has 1 N–H and O–H groups in total. The van der Waals surface area contributed by atoms with Gasteiger partial charge in [-0.05, 0) is 53.9 Å². The number of halogens is 1. The van der Waals surface area contributed by atoms with E-state index in [0.717, 1.165) is 16.6 Å². The highest BCUT2D eigenvalue weighted by atomic mass is 79.9. The summed E-state index contributed by atoms with van der Waals surface area (Å²) in [5.41, 5.74) is 1.13. The van der Waals surface area contributed by atoms with E-state index < -0.39 is 0 Å². The quantitative estimate of drug-likeness (QED) is 0.927. The van der Waals surface area contributed by atoms with Gasteiger partial charge in [0, 0.05) is 12.2 Å². The lowest BCUT2D eigenvalue weighted by molar-refractivity contribution is 0.231. The van der Waals surface area contributed by atoms with Gasteiger partial charge in [-0.15, -0.1) is 0 Å². The molecule has 2 rings (SSSR count). The second-order valence-electron chi connectivity index (χ2n) is 4.26. The zero-order chi connectivity index (χ0) is 11.4. The first-order valence-corrected chi connectivity index (χ1v) is 6.53. The summed E-state index contributed by atoms with van der Waals surface area (Å²) in [7, 11) is 0. The van der Waals surface area contributed by atoms with Gasteiger partial charge in [-0.25, -0.2) is 4.98 Å². The van der Waals surface area contributed by atoms with E-state index in [1.54, 1.807) is 0 Å². The van der Waals surface area contributed by atoms with Crippen molar-refractivity contribution in [1.82, 2.24) is 10.3 Å². The molecule has 0 aromatic carbocycles. The maximum Gasteiger partial charge on any atom is 0.228 e. The molecule has 1 saturated heterocycles. The summed E-state index contributed by atoms with van der Waals surface area (Å²) in [5, 5.41) is 3.45. The molecular weight excluding hydrogens is 268 g/mol. The maximum absolute atomic E-state index is 5.71. The minimum atomic E-state index is 0.476. The Bertz CT molecular complexity index is 351. The van der Waals surface area contributed by atoms with Crippen molar-refractivity contribution in [3.05, 3.63) is 22.3 Å². The fourth-order valence-corrected chi connectivity index (χ4v) is 2.45. The van der Waals surface area contributed by atoms with Gasteiger partial charge in [-0.2, -0.15) is 0 Å². The van der Waals surface area contributed by atoms with Crippen molar-refractivity contribution in [2.24, 2.45) is 0 Å². The highest BCUT2D eigenvalue weighted by molar-refractivity contribution is 9.10. The minimum Gasteiger partial charge on any atom is -0.475 e. The molecule has 0 radical (unpaired) electrons. The van der Waals surface area contributed by atoms with Crippen molar-refractivity contribution < 1.29 is 4.74 Å². The Balaban J connectivity index is 1.88. The monoisotopic (exact) mass is 284 g/mol. The van der Waals surface area contributed by atoms with Gasteiger partial charge in [-0.1, -0.05) is 6.42 Å². The van der Waals surface area contributed by atoms with Crippen LogP contribution in [-0.4, -0.2) is 24.2 Å². The predicted octanol–water partition coefficient (Wildman–Crippen LogP) is 2.67. The van der Waals surface area contributed by atoms with Crippen molar-refractivity contribution in [2.45, 2.75) is 32.2 Å². The van der Waals surface area contributed by atoms with Crippen molar-refractivity contribution in [3.8, 4) is 5.88 Å². The van der Waals surface area contributed by atoms with Crippen LogP contribution in [0.25, 0.3) is 0 Å². The highest BCUT2D eigenvalue weighted by Crippen LogP contribution is 2.23. The van der Waals surface area contributed by atoms with Gasteiger partial charge in [0.15, 0.2) is 0 Å². The Morgan fingerprint density at radius 3 is 3.12 bits per heavy atom. The molecule has 0 amide bonds. The third-order valence-electron chi connectivity index (χ3n) is 2.78. The Hall–Kier alpha value is -0.610. The van der Waals surface area contributed by atoms with Crippen LogP contribution < -0.4 is 10.1 Å². The van der Waals surface area contributed by atoms with Gasteiger partial charge in [0.1, 0.15) is 6.61 Å².